The summed E-state index contributed by atoms with van der Waals surface area (Å²) in [5.41, 5.74) is 1.54. The molecule has 0 radical (unpaired) electrons. The second-order valence-electron chi connectivity index (χ2n) is 4.21. The fourth-order valence-corrected chi connectivity index (χ4v) is 1.77. The number of nitrogens with zero attached hydrogens (tertiary/aromatic N) is 2. The average Bonchev–Trinajstić information content (AvgIpc) is 2.84. The number of non-ortho nitro benzene ring substituents is 1. The fraction of sp³-hybridized carbons (Fsp3) is 0.308. The van der Waals surface area contributed by atoms with Crippen molar-refractivity contribution >= 4 is 5.69 Å². The third kappa shape index (κ3) is 3.17. The smallest absolute Gasteiger partial charge is 0.270 e. The zero-order chi connectivity index (χ0) is 13.8. The number of rotatable bonds is 5. The largest absolute Gasteiger partial charge is 0.439 e. The molecule has 2 rings (SSSR count). The summed E-state index contributed by atoms with van der Waals surface area (Å²) < 4.78 is 5.57. The molecular weight excluding hydrogens is 246 g/mol. The quantitative estimate of drug-likeness (QED) is 0.661. The van der Waals surface area contributed by atoms with E-state index in [9.17, 15) is 10.1 Å². The van der Waals surface area contributed by atoms with Crippen LogP contribution in [0.1, 0.15) is 18.4 Å². The summed E-state index contributed by atoms with van der Waals surface area (Å²) in [5.74, 6) is 1.11. The molecule has 0 aliphatic rings. The highest BCUT2D eigenvalue weighted by molar-refractivity contribution is 5.61. The van der Waals surface area contributed by atoms with E-state index in [1.165, 1.54) is 12.1 Å². The molecule has 0 saturated heterocycles. The first-order valence-electron chi connectivity index (χ1n) is 6.02. The van der Waals surface area contributed by atoms with Gasteiger partial charge in [0.25, 0.3) is 5.69 Å². The number of hydrogen-bond donors (Lipinski definition) is 1. The van der Waals surface area contributed by atoms with Crippen molar-refractivity contribution in [2.45, 2.75) is 20.4 Å². The molecule has 1 aromatic carbocycles. The summed E-state index contributed by atoms with van der Waals surface area (Å²) in [4.78, 5) is 14.6. The van der Waals surface area contributed by atoms with E-state index in [0.29, 0.717) is 23.8 Å². The lowest BCUT2D eigenvalue weighted by Crippen LogP contribution is -2.11. The Labute approximate surface area is 110 Å². The van der Waals surface area contributed by atoms with Crippen molar-refractivity contribution in [2.24, 2.45) is 0 Å². The highest BCUT2D eigenvalue weighted by atomic mass is 16.6. The summed E-state index contributed by atoms with van der Waals surface area (Å²) in [6.07, 6.45) is 1.59. The van der Waals surface area contributed by atoms with Crippen LogP contribution in [0.2, 0.25) is 0 Å². The van der Waals surface area contributed by atoms with Gasteiger partial charge >= 0.3 is 0 Å². The minimum absolute atomic E-state index is 0.0552. The maximum absolute atomic E-state index is 10.8. The van der Waals surface area contributed by atoms with Crippen molar-refractivity contribution < 1.29 is 9.34 Å². The molecule has 1 heterocycles. The summed E-state index contributed by atoms with van der Waals surface area (Å²) in [7, 11) is 0. The van der Waals surface area contributed by atoms with Crippen LogP contribution in [0, 0.1) is 17.0 Å². The number of nitrogens with one attached hydrogen (secondary N) is 1. The van der Waals surface area contributed by atoms with Crippen LogP contribution >= 0.6 is 0 Å². The van der Waals surface area contributed by atoms with Crippen LogP contribution in [0.15, 0.2) is 28.8 Å². The monoisotopic (exact) mass is 261 g/mol. The predicted octanol–water partition coefficient (Wildman–Crippen LogP) is 2.67. The van der Waals surface area contributed by atoms with Gasteiger partial charge in [0.05, 0.1) is 17.7 Å². The van der Waals surface area contributed by atoms with Gasteiger partial charge in [0.15, 0.2) is 5.76 Å². The molecular formula is C13H15N3O3. The van der Waals surface area contributed by atoms with Crippen LogP contribution in [-0.2, 0) is 6.54 Å². The lowest BCUT2D eigenvalue weighted by molar-refractivity contribution is -0.384. The number of nitro benzene ring substituents is 1. The molecule has 0 fully saturated rings. The van der Waals surface area contributed by atoms with Crippen molar-refractivity contribution in [2.75, 3.05) is 6.54 Å². The molecule has 6 nitrogen and oxygen atoms in total. The van der Waals surface area contributed by atoms with E-state index in [4.69, 9.17) is 4.42 Å². The zero-order valence-electron chi connectivity index (χ0n) is 10.8. The number of hydrogen-bond acceptors (Lipinski definition) is 5. The van der Waals surface area contributed by atoms with Crippen molar-refractivity contribution in [1.82, 2.24) is 10.3 Å². The molecule has 0 bridgehead atoms. The minimum atomic E-state index is -0.410. The SMILES string of the molecule is CCNCc1ncc(-c2cc(C)cc([N+](=O)[O-])c2)o1. The van der Waals surface area contributed by atoms with Gasteiger partial charge in [-0.3, -0.25) is 10.1 Å². The fourth-order valence-electron chi connectivity index (χ4n) is 1.77. The first-order valence-corrected chi connectivity index (χ1v) is 6.02. The van der Waals surface area contributed by atoms with Gasteiger partial charge in [-0.05, 0) is 25.1 Å². The van der Waals surface area contributed by atoms with E-state index in [1.54, 1.807) is 6.20 Å². The van der Waals surface area contributed by atoms with Crippen LogP contribution in [0.5, 0.6) is 0 Å². The highest BCUT2D eigenvalue weighted by Crippen LogP contribution is 2.26. The van der Waals surface area contributed by atoms with Crippen molar-refractivity contribution in [1.29, 1.82) is 0 Å². The second kappa shape index (κ2) is 5.62. The van der Waals surface area contributed by atoms with Gasteiger partial charge < -0.3 is 9.73 Å². The normalized spacial score (nSPS) is 10.6. The summed E-state index contributed by atoms with van der Waals surface area (Å²) >= 11 is 0. The van der Waals surface area contributed by atoms with Crippen LogP contribution < -0.4 is 5.32 Å². The highest BCUT2D eigenvalue weighted by Gasteiger charge is 2.12. The van der Waals surface area contributed by atoms with E-state index in [0.717, 1.165) is 12.1 Å². The van der Waals surface area contributed by atoms with E-state index < -0.39 is 4.92 Å². The van der Waals surface area contributed by atoms with Crippen LogP contribution in [0.25, 0.3) is 11.3 Å². The Bertz CT molecular complexity index is 593. The van der Waals surface area contributed by atoms with Crippen LogP contribution in [0.4, 0.5) is 5.69 Å². The van der Waals surface area contributed by atoms with E-state index >= 15 is 0 Å². The molecule has 2 aromatic rings. The Balaban J connectivity index is 2.30. The first-order chi connectivity index (χ1) is 9.10. The number of benzene rings is 1. The summed E-state index contributed by atoms with van der Waals surface area (Å²) in [6.45, 7) is 5.18. The van der Waals surface area contributed by atoms with Gasteiger partial charge in [0.1, 0.15) is 0 Å². The Hall–Kier alpha value is -2.21. The van der Waals surface area contributed by atoms with Crippen molar-refractivity contribution in [3.63, 3.8) is 0 Å². The Morgan fingerprint density at radius 3 is 2.89 bits per heavy atom. The van der Waals surface area contributed by atoms with Gasteiger partial charge in [-0.15, -0.1) is 0 Å². The lowest BCUT2D eigenvalue weighted by Gasteiger charge is -2.00. The molecule has 1 aromatic heterocycles. The van der Waals surface area contributed by atoms with Crippen LogP contribution in [-0.4, -0.2) is 16.5 Å². The van der Waals surface area contributed by atoms with E-state index in [2.05, 4.69) is 10.3 Å². The third-order valence-electron chi connectivity index (χ3n) is 2.64. The molecule has 0 atom stereocenters. The van der Waals surface area contributed by atoms with Crippen molar-refractivity contribution in [3.8, 4) is 11.3 Å². The van der Waals surface area contributed by atoms with Gasteiger partial charge in [0, 0.05) is 17.7 Å². The number of aryl methyl sites for hydroxylation is 1. The zero-order valence-corrected chi connectivity index (χ0v) is 10.8. The van der Waals surface area contributed by atoms with Gasteiger partial charge in [-0.2, -0.15) is 0 Å². The first kappa shape index (κ1) is 13.2. The molecule has 0 aliphatic heterocycles. The molecule has 0 unspecified atom stereocenters. The van der Waals surface area contributed by atoms with E-state index in [-0.39, 0.29) is 5.69 Å². The Morgan fingerprint density at radius 2 is 2.21 bits per heavy atom. The molecule has 1 N–H and O–H groups in total. The average molecular weight is 261 g/mol. The van der Waals surface area contributed by atoms with Gasteiger partial charge in [-0.1, -0.05) is 6.92 Å². The maximum Gasteiger partial charge on any atom is 0.270 e. The minimum Gasteiger partial charge on any atom is -0.439 e. The van der Waals surface area contributed by atoms with Crippen LogP contribution in [0.3, 0.4) is 0 Å². The molecule has 19 heavy (non-hydrogen) atoms. The molecule has 100 valence electrons. The molecule has 6 heteroatoms. The second-order valence-corrected chi connectivity index (χ2v) is 4.21. The number of oxazole rings is 1. The molecule has 0 aliphatic carbocycles. The predicted molar refractivity (Wildman–Crippen MR) is 70.7 cm³/mol. The Morgan fingerprint density at radius 1 is 1.42 bits per heavy atom. The number of nitro groups is 1. The van der Waals surface area contributed by atoms with Gasteiger partial charge in [-0.25, -0.2) is 4.98 Å². The van der Waals surface area contributed by atoms with Crippen molar-refractivity contribution in [3.05, 3.63) is 46.0 Å². The van der Waals surface area contributed by atoms with Gasteiger partial charge in [0.2, 0.25) is 5.89 Å². The number of aromatic nitrogens is 1. The summed E-state index contributed by atoms with van der Waals surface area (Å²) in [5, 5.41) is 13.9. The lowest BCUT2D eigenvalue weighted by atomic mass is 10.1. The summed E-state index contributed by atoms with van der Waals surface area (Å²) in [6, 6.07) is 4.86. The van der Waals surface area contributed by atoms with E-state index in [1.807, 2.05) is 19.9 Å². The molecule has 0 amide bonds. The third-order valence-corrected chi connectivity index (χ3v) is 2.64. The molecule has 0 spiro atoms. The standard InChI is InChI=1S/C13H15N3O3/c1-3-14-8-13-15-7-12(19-13)10-4-9(2)5-11(6-10)16(17)18/h4-7,14H,3,8H2,1-2H3. The Kier molecular flexibility index (Phi) is 3.91. The molecule has 0 saturated carbocycles. The topological polar surface area (TPSA) is 81.2 Å². The maximum atomic E-state index is 10.8.